The zero-order valence-electron chi connectivity index (χ0n) is 6.58. The van der Waals surface area contributed by atoms with Gasteiger partial charge in [-0.25, -0.2) is 0 Å². The lowest BCUT2D eigenvalue weighted by molar-refractivity contribution is -0.0149. The fraction of sp³-hybridized carbons (Fsp3) is 0.667. The Labute approximate surface area is 66.5 Å². The van der Waals surface area contributed by atoms with Crippen LogP contribution in [0.4, 0.5) is 0 Å². The Morgan fingerprint density at radius 3 is 3.18 bits per heavy atom. The lowest BCUT2D eigenvalue weighted by atomic mass is 9.88. The molecule has 2 rings (SSSR count). The summed E-state index contributed by atoms with van der Waals surface area (Å²) in [5.41, 5.74) is 11.2. The van der Waals surface area contributed by atoms with Gasteiger partial charge in [0, 0.05) is 6.42 Å². The number of allylic oxidation sites excluding steroid dienone is 2. The summed E-state index contributed by atoms with van der Waals surface area (Å²) in [5, 5.41) is 0. The Hall–Kier alpha value is -0.880. The zero-order chi connectivity index (χ0) is 7.68. The molecule has 0 N–H and O–H groups in total. The van der Waals surface area contributed by atoms with Crippen LogP contribution in [0.1, 0.15) is 32.1 Å². The van der Waals surface area contributed by atoms with Crippen LogP contribution >= 0.6 is 0 Å². The second-order valence-electron chi connectivity index (χ2n) is 3.35. The molecule has 0 saturated heterocycles. The van der Waals surface area contributed by atoms with Crippen molar-refractivity contribution in [3.05, 3.63) is 17.2 Å². The van der Waals surface area contributed by atoms with Crippen LogP contribution in [0.2, 0.25) is 0 Å². The van der Waals surface area contributed by atoms with Gasteiger partial charge in [-0.05, 0) is 25.7 Å². The Balaban J connectivity index is 2.33. The lowest BCUT2D eigenvalue weighted by Crippen LogP contribution is -2.17. The molecule has 0 aromatic carbocycles. The number of nitrogens with zero attached hydrogens (tertiary/aromatic N) is 2. The summed E-state index contributed by atoms with van der Waals surface area (Å²) in [6, 6.07) is 0. The van der Waals surface area contributed by atoms with E-state index in [9.17, 15) is 0 Å². The number of hydrogen-bond acceptors (Lipinski definition) is 0. The SMILES string of the molecule is [N-]=[N+]=C1CCC=C2CCCC21. The molecule has 0 spiro atoms. The number of hydrogen-bond donors (Lipinski definition) is 0. The average molecular weight is 148 g/mol. The molecule has 1 unspecified atom stereocenters. The van der Waals surface area contributed by atoms with Crippen molar-refractivity contribution in [3.8, 4) is 0 Å². The van der Waals surface area contributed by atoms with Crippen molar-refractivity contribution in [1.82, 2.24) is 0 Å². The van der Waals surface area contributed by atoms with E-state index in [1.54, 1.807) is 0 Å². The molecule has 0 bridgehead atoms. The minimum absolute atomic E-state index is 0.508. The second-order valence-corrected chi connectivity index (χ2v) is 3.35. The quantitative estimate of drug-likeness (QED) is 0.287. The fourth-order valence-corrected chi connectivity index (χ4v) is 2.19. The fourth-order valence-electron chi connectivity index (χ4n) is 2.19. The van der Waals surface area contributed by atoms with Crippen molar-refractivity contribution in [2.24, 2.45) is 5.92 Å². The van der Waals surface area contributed by atoms with E-state index in [-0.39, 0.29) is 0 Å². The summed E-state index contributed by atoms with van der Waals surface area (Å²) in [6.07, 6.45) is 8.06. The number of rotatable bonds is 0. The summed E-state index contributed by atoms with van der Waals surface area (Å²) in [5.74, 6) is 0.508. The van der Waals surface area contributed by atoms with E-state index in [4.69, 9.17) is 5.53 Å². The largest absolute Gasteiger partial charge is 0.362 e. The molecule has 11 heavy (non-hydrogen) atoms. The normalized spacial score (nSPS) is 29.3. The predicted molar refractivity (Wildman–Crippen MR) is 43.3 cm³/mol. The van der Waals surface area contributed by atoms with Gasteiger partial charge in [0.2, 0.25) is 0 Å². The van der Waals surface area contributed by atoms with E-state index in [2.05, 4.69) is 10.9 Å². The highest BCUT2D eigenvalue weighted by Gasteiger charge is 2.33. The molecule has 1 atom stereocenters. The van der Waals surface area contributed by atoms with Gasteiger partial charge in [-0.1, -0.05) is 11.6 Å². The molecule has 0 amide bonds. The summed E-state index contributed by atoms with van der Waals surface area (Å²) in [6.45, 7) is 0. The summed E-state index contributed by atoms with van der Waals surface area (Å²) >= 11 is 0. The van der Waals surface area contributed by atoms with Gasteiger partial charge in [-0.15, -0.1) is 0 Å². The van der Waals surface area contributed by atoms with E-state index >= 15 is 0 Å². The van der Waals surface area contributed by atoms with Gasteiger partial charge >= 0.3 is 0 Å². The van der Waals surface area contributed by atoms with Gasteiger partial charge in [-0.2, -0.15) is 4.79 Å². The molecule has 0 radical (unpaired) electrons. The topological polar surface area (TPSA) is 36.4 Å². The number of fused-ring (bicyclic) bond motifs is 1. The van der Waals surface area contributed by atoms with Gasteiger partial charge in [-0.3, -0.25) is 0 Å². The molecule has 0 heterocycles. The maximum absolute atomic E-state index is 8.70. The van der Waals surface area contributed by atoms with E-state index in [1.165, 1.54) is 24.8 Å². The van der Waals surface area contributed by atoms with Gasteiger partial charge < -0.3 is 5.53 Å². The van der Waals surface area contributed by atoms with Crippen molar-refractivity contribution in [2.75, 3.05) is 0 Å². The predicted octanol–water partition coefficient (Wildman–Crippen LogP) is 2.18. The van der Waals surface area contributed by atoms with Gasteiger partial charge in [0.25, 0.3) is 5.71 Å². The Kier molecular flexibility index (Phi) is 1.63. The Morgan fingerprint density at radius 2 is 2.36 bits per heavy atom. The van der Waals surface area contributed by atoms with Crippen LogP contribution in [0.15, 0.2) is 11.6 Å². The monoisotopic (exact) mass is 148 g/mol. The molecule has 1 saturated carbocycles. The first-order valence-electron chi connectivity index (χ1n) is 4.31. The van der Waals surface area contributed by atoms with Crippen molar-refractivity contribution in [2.45, 2.75) is 32.1 Å². The molecule has 1 fully saturated rings. The third-order valence-corrected chi connectivity index (χ3v) is 2.74. The molecule has 0 aliphatic heterocycles. The zero-order valence-corrected chi connectivity index (χ0v) is 6.58. The minimum atomic E-state index is 0.508. The van der Waals surface area contributed by atoms with Gasteiger partial charge in [0.1, 0.15) is 0 Å². The molecular formula is C9H12N2. The lowest BCUT2D eigenvalue weighted by Gasteiger charge is -2.11. The first-order chi connectivity index (χ1) is 5.42. The summed E-state index contributed by atoms with van der Waals surface area (Å²) < 4.78 is 0. The molecule has 58 valence electrons. The standard InChI is InChI=1S/C9H12N2/c10-11-9-6-2-4-7-3-1-5-8(7)9/h4,8H,1-3,5-6H2. The van der Waals surface area contributed by atoms with Crippen LogP contribution in [-0.4, -0.2) is 10.5 Å². The second kappa shape index (κ2) is 2.63. The van der Waals surface area contributed by atoms with Crippen LogP contribution in [0, 0.1) is 5.92 Å². The van der Waals surface area contributed by atoms with Crippen molar-refractivity contribution in [1.29, 1.82) is 0 Å². The van der Waals surface area contributed by atoms with Crippen molar-refractivity contribution in [3.63, 3.8) is 0 Å². The van der Waals surface area contributed by atoms with Crippen LogP contribution in [0.5, 0.6) is 0 Å². The highest BCUT2D eigenvalue weighted by molar-refractivity contribution is 5.85. The molecule has 2 heteroatoms. The molecule has 0 aromatic rings. The third-order valence-electron chi connectivity index (χ3n) is 2.74. The van der Waals surface area contributed by atoms with Crippen molar-refractivity contribution >= 4 is 5.71 Å². The van der Waals surface area contributed by atoms with E-state index < -0.39 is 0 Å². The first-order valence-corrected chi connectivity index (χ1v) is 4.31. The smallest absolute Gasteiger partial charge is 0.276 e. The van der Waals surface area contributed by atoms with E-state index in [1.807, 2.05) is 0 Å². The molecule has 0 aromatic heterocycles. The third kappa shape index (κ3) is 1.04. The van der Waals surface area contributed by atoms with Crippen LogP contribution in [0.3, 0.4) is 0 Å². The minimum Gasteiger partial charge on any atom is -0.362 e. The Morgan fingerprint density at radius 1 is 1.45 bits per heavy atom. The summed E-state index contributed by atoms with van der Waals surface area (Å²) in [7, 11) is 0. The highest BCUT2D eigenvalue weighted by atomic mass is 14.9. The molecule has 2 aliphatic rings. The van der Waals surface area contributed by atoms with E-state index in [0.717, 1.165) is 18.6 Å². The Bertz CT molecular complexity index is 246. The maximum Gasteiger partial charge on any atom is 0.276 e. The van der Waals surface area contributed by atoms with Gasteiger partial charge in [0.05, 0.1) is 5.92 Å². The van der Waals surface area contributed by atoms with Crippen LogP contribution < -0.4 is 0 Å². The summed E-state index contributed by atoms with van der Waals surface area (Å²) in [4.78, 5) is 3.37. The van der Waals surface area contributed by atoms with Crippen LogP contribution in [0.25, 0.3) is 5.53 Å². The molecular weight excluding hydrogens is 136 g/mol. The van der Waals surface area contributed by atoms with Crippen LogP contribution in [-0.2, 0) is 0 Å². The highest BCUT2D eigenvalue weighted by Crippen LogP contribution is 2.35. The molecule has 2 nitrogen and oxygen atoms in total. The first kappa shape index (κ1) is 6.81. The molecule has 2 aliphatic carbocycles. The van der Waals surface area contributed by atoms with Gasteiger partial charge in [0.15, 0.2) is 0 Å². The maximum atomic E-state index is 8.70. The van der Waals surface area contributed by atoms with Crippen molar-refractivity contribution < 1.29 is 4.79 Å². The average Bonchev–Trinajstić information content (AvgIpc) is 2.50. The van der Waals surface area contributed by atoms with E-state index in [0.29, 0.717) is 5.92 Å².